The second-order valence-electron chi connectivity index (χ2n) is 10.2. The van der Waals surface area contributed by atoms with Gasteiger partial charge in [0.25, 0.3) is 0 Å². The second-order valence-corrected chi connectivity index (χ2v) is 10.2. The minimum absolute atomic E-state index is 0.0261. The fraction of sp³-hybridized carbons (Fsp3) is 0.750. The van der Waals surface area contributed by atoms with E-state index in [1.54, 1.807) is 6.07 Å². The summed E-state index contributed by atoms with van der Waals surface area (Å²) in [6, 6.07) is 3.87. The predicted molar refractivity (Wildman–Crippen MR) is 111 cm³/mol. The predicted octanol–water partition coefficient (Wildman–Crippen LogP) is 2.11. The molecule has 3 N–H and O–H groups in total. The minimum Gasteiger partial charge on any atom is -0.504 e. The van der Waals surface area contributed by atoms with Crippen molar-refractivity contribution in [3.63, 3.8) is 0 Å². The van der Waals surface area contributed by atoms with Crippen LogP contribution in [0.5, 0.6) is 11.5 Å². The number of phenols is 1. The lowest BCUT2D eigenvalue weighted by Gasteiger charge is -2.59. The first-order valence-corrected chi connectivity index (χ1v) is 11.8. The van der Waals surface area contributed by atoms with E-state index in [0.717, 1.165) is 43.8 Å². The fourth-order valence-electron chi connectivity index (χ4n) is 7.43. The van der Waals surface area contributed by atoms with Crippen LogP contribution in [0, 0.1) is 5.92 Å². The average Bonchev–Trinajstić information content (AvgIpc) is 3.04. The van der Waals surface area contributed by atoms with Crippen LogP contribution in [-0.2, 0) is 16.6 Å². The van der Waals surface area contributed by atoms with Gasteiger partial charge in [-0.2, -0.15) is 0 Å². The molecule has 1 spiro atoms. The van der Waals surface area contributed by atoms with Crippen molar-refractivity contribution in [1.82, 2.24) is 4.90 Å². The van der Waals surface area contributed by atoms with Gasteiger partial charge in [0.05, 0.1) is 30.3 Å². The number of aliphatic hydroxyl groups excluding tert-OH is 1. The van der Waals surface area contributed by atoms with E-state index in [0.29, 0.717) is 18.6 Å². The molecule has 2 heterocycles. The lowest BCUT2D eigenvalue weighted by molar-refractivity contribution is -0.189. The van der Waals surface area contributed by atoms with E-state index in [2.05, 4.69) is 4.90 Å². The summed E-state index contributed by atoms with van der Waals surface area (Å²) in [6.45, 7) is 2.34. The van der Waals surface area contributed by atoms with Crippen molar-refractivity contribution in [2.24, 2.45) is 5.92 Å². The Bertz CT molecular complexity index is 841. The molecule has 30 heavy (non-hydrogen) atoms. The Labute approximate surface area is 177 Å². The summed E-state index contributed by atoms with van der Waals surface area (Å²) in [6.07, 6.45) is 7.48. The van der Waals surface area contributed by atoms with Gasteiger partial charge < -0.3 is 24.8 Å². The Kier molecular flexibility index (Phi) is 4.40. The van der Waals surface area contributed by atoms with Crippen molar-refractivity contribution in [2.45, 2.75) is 80.6 Å². The zero-order valence-corrected chi connectivity index (χ0v) is 17.6. The highest BCUT2D eigenvalue weighted by Gasteiger charge is 2.72. The number of nitrogens with zero attached hydrogens (tertiary/aromatic N) is 1. The van der Waals surface area contributed by atoms with Gasteiger partial charge in [0.1, 0.15) is 6.10 Å². The van der Waals surface area contributed by atoms with Crippen molar-refractivity contribution < 1.29 is 24.8 Å². The molecule has 6 rings (SSSR count). The third-order valence-electron chi connectivity index (χ3n) is 8.88. The smallest absolute Gasteiger partial charge is 0.165 e. The van der Waals surface area contributed by atoms with Gasteiger partial charge in [-0.25, -0.2) is 0 Å². The number of aliphatic hydroxyl groups is 2. The molecular formula is C24H33NO5. The highest BCUT2D eigenvalue weighted by atomic mass is 16.6. The molecule has 2 bridgehead atoms. The Hall–Kier alpha value is -1.34. The molecule has 0 unspecified atom stereocenters. The molecule has 6 nitrogen and oxygen atoms in total. The van der Waals surface area contributed by atoms with Gasteiger partial charge in [-0.1, -0.05) is 12.5 Å². The molecule has 1 aromatic carbocycles. The number of phenolic OH excluding ortho intramolecular Hbond substituents is 1. The van der Waals surface area contributed by atoms with Gasteiger partial charge in [-0.3, -0.25) is 4.90 Å². The molecule has 0 aromatic heterocycles. The maximum atomic E-state index is 12.5. The first-order valence-electron chi connectivity index (χ1n) is 11.8. The van der Waals surface area contributed by atoms with Crippen LogP contribution in [0.2, 0.25) is 0 Å². The Balaban J connectivity index is 1.48. The zero-order valence-electron chi connectivity index (χ0n) is 17.6. The molecule has 1 aromatic rings. The maximum Gasteiger partial charge on any atom is 0.165 e. The molecule has 164 valence electrons. The maximum absolute atomic E-state index is 12.5. The lowest BCUT2D eigenvalue weighted by atomic mass is 9.50. The zero-order chi connectivity index (χ0) is 20.5. The van der Waals surface area contributed by atoms with Crippen LogP contribution in [0.4, 0.5) is 0 Å². The van der Waals surface area contributed by atoms with Crippen LogP contribution < -0.4 is 4.74 Å². The van der Waals surface area contributed by atoms with Gasteiger partial charge >= 0.3 is 0 Å². The minimum atomic E-state index is -0.886. The van der Waals surface area contributed by atoms with E-state index in [1.807, 2.05) is 6.07 Å². The van der Waals surface area contributed by atoms with E-state index in [9.17, 15) is 15.3 Å². The second kappa shape index (κ2) is 6.83. The highest BCUT2D eigenvalue weighted by Crippen LogP contribution is 2.65. The number of aromatic hydroxyl groups is 1. The molecule has 3 fully saturated rings. The summed E-state index contributed by atoms with van der Waals surface area (Å²) in [5, 5.41) is 32.4. The summed E-state index contributed by atoms with van der Waals surface area (Å²) in [5.41, 5.74) is 0.812. The number of hydrogen-bond acceptors (Lipinski definition) is 6. The molecule has 3 aliphatic carbocycles. The van der Waals surface area contributed by atoms with Crippen LogP contribution in [-0.4, -0.2) is 70.4 Å². The lowest BCUT2D eigenvalue weighted by Crippen LogP contribution is -2.72. The molecule has 6 heteroatoms. The van der Waals surface area contributed by atoms with Crippen molar-refractivity contribution in [2.75, 3.05) is 26.3 Å². The van der Waals surface area contributed by atoms with Gasteiger partial charge in [-0.15, -0.1) is 0 Å². The van der Waals surface area contributed by atoms with E-state index < -0.39 is 11.0 Å². The van der Waals surface area contributed by atoms with Crippen LogP contribution in [0.25, 0.3) is 0 Å². The highest BCUT2D eigenvalue weighted by molar-refractivity contribution is 5.62. The first kappa shape index (κ1) is 19.4. The third kappa shape index (κ3) is 2.39. The quantitative estimate of drug-likeness (QED) is 0.683. The first-order chi connectivity index (χ1) is 14.6. The summed E-state index contributed by atoms with van der Waals surface area (Å²) < 4.78 is 12.5. The van der Waals surface area contributed by atoms with Gasteiger partial charge in [0.15, 0.2) is 11.5 Å². The van der Waals surface area contributed by atoms with Crippen LogP contribution in [0.1, 0.15) is 56.1 Å². The van der Waals surface area contributed by atoms with Crippen LogP contribution in [0.3, 0.4) is 0 Å². The third-order valence-corrected chi connectivity index (χ3v) is 8.88. The summed E-state index contributed by atoms with van der Waals surface area (Å²) >= 11 is 0. The molecule has 5 aliphatic rings. The monoisotopic (exact) mass is 415 g/mol. The normalized spacial score (nSPS) is 39.7. The molecule has 0 radical (unpaired) electrons. The number of benzene rings is 1. The van der Waals surface area contributed by atoms with E-state index in [4.69, 9.17) is 9.47 Å². The van der Waals surface area contributed by atoms with Gasteiger partial charge in [0, 0.05) is 18.2 Å². The van der Waals surface area contributed by atoms with Crippen LogP contribution >= 0.6 is 0 Å². The van der Waals surface area contributed by atoms with Gasteiger partial charge in [0.2, 0.25) is 0 Å². The number of rotatable bonds is 5. The van der Waals surface area contributed by atoms with Crippen LogP contribution in [0.15, 0.2) is 12.1 Å². The summed E-state index contributed by atoms with van der Waals surface area (Å²) in [4.78, 5) is 2.58. The standard InChI is InChI=1S/C24H33NO5/c26-11-12-29-18-7-9-24(28)19-13-16-5-6-17(27)21-20(16)23(24,22(18)30-21)8-2-10-25(19)14-15-3-1-4-15/h5-6,15,18-19,22,26-28H,1-4,7-14H2/t18-,19+,22-,23-,24+/m0/s1. The molecule has 0 amide bonds. The largest absolute Gasteiger partial charge is 0.504 e. The molecule has 2 saturated carbocycles. The molecular weight excluding hydrogens is 382 g/mol. The van der Waals surface area contributed by atoms with E-state index >= 15 is 0 Å². The van der Waals surface area contributed by atoms with Gasteiger partial charge in [-0.05, 0) is 69.0 Å². The Morgan fingerprint density at radius 1 is 1.17 bits per heavy atom. The Morgan fingerprint density at radius 3 is 2.80 bits per heavy atom. The van der Waals surface area contributed by atoms with Crippen molar-refractivity contribution in [3.05, 3.63) is 23.3 Å². The Morgan fingerprint density at radius 2 is 2.03 bits per heavy atom. The van der Waals surface area contributed by atoms with E-state index in [-0.39, 0.29) is 37.2 Å². The van der Waals surface area contributed by atoms with Crippen molar-refractivity contribution in [3.8, 4) is 11.5 Å². The number of likely N-dealkylation sites (tertiary alicyclic amines) is 1. The molecule has 5 atom stereocenters. The molecule has 2 aliphatic heterocycles. The molecule has 1 saturated heterocycles. The summed E-state index contributed by atoms with van der Waals surface area (Å²) in [5.74, 6) is 1.48. The fourth-order valence-corrected chi connectivity index (χ4v) is 7.43. The van der Waals surface area contributed by atoms with E-state index in [1.165, 1.54) is 24.8 Å². The van der Waals surface area contributed by atoms with Crippen molar-refractivity contribution in [1.29, 1.82) is 0 Å². The number of ether oxygens (including phenoxy) is 2. The topological polar surface area (TPSA) is 82.4 Å². The summed E-state index contributed by atoms with van der Waals surface area (Å²) in [7, 11) is 0. The number of hydrogen-bond donors (Lipinski definition) is 3. The average molecular weight is 416 g/mol. The van der Waals surface area contributed by atoms with Crippen molar-refractivity contribution >= 4 is 0 Å². The SMILES string of the molecule is OCCO[C@H]1CC[C@@]2(O)[C@H]3Cc4ccc(O)c5c4[C@@]2(CCCN3CC2CCC2)[C@H]1O5.